The van der Waals surface area contributed by atoms with Crippen LogP contribution in [-0.4, -0.2) is 103 Å². The fourth-order valence-corrected chi connectivity index (χ4v) is 7.58. The molecule has 23 heteroatoms. The minimum absolute atomic E-state index is 0. The van der Waals surface area contributed by atoms with Crippen molar-refractivity contribution in [3.05, 3.63) is 90.5 Å². The van der Waals surface area contributed by atoms with E-state index in [1.165, 1.54) is 12.4 Å². The van der Waals surface area contributed by atoms with E-state index in [1.807, 2.05) is 65.7 Å². The van der Waals surface area contributed by atoms with Gasteiger partial charge in [-0.2, -0.15) is 37.0 Å². The molecule has 10 rings (SSSR count). The van der Waals surface area contributed by atoms with Gasteiger partial charge in [0.2, 0.25) is 11.2 Å². The monoisotopic (exact) mass is 932 g/mol. The standard InChI is InChI=1S/C20H20F2N6O2.C11H13N3O.C9H8ClF2N3O.2H2S/c1-12-8-27(11-24-12)15-4-3-13(5-16(15)29-2)25-19-23-7-17-18(26-19)28-10-20(21,22)6-14(28)9-30-17;1-8-6-14(7-13-8)10-4-3-9(12)5-11(10)15-2;10-8-13-2-6-7(14-8)15-4-9(11,12)1-5(15)3-16-6;;/h3-5,7-8,11,14H,6,9-10H2,1-2H3,(H,23,25,26);3-7H,12H2,1-2H3;2,5H,1,3-4H2;2*1H2/t14-;;5-;;/m0.0../s1. The smallest absolute Gasteiger partial charge is 0.267 e. The molecule has 16 nitrogen and oxygen atoms in total. The largest absolute Gasteiger partial charge is 0.494 e. The molecule has 0 bridgehead atoms. The molecule has 0 unspecified atom stereocenters. The molecule has 63 heavy (non-hydrogen) atoms. The van der Waals surface area contributed by atoms with Crippen molar-refractivity contribution in [3.63, 3.8) is 0 Å². The Morgan fingerprint density at radius 2 is 1.24 bits per heavy atom. The third-order valence-corrected chi connectivity index (χ3v) is 10.4. The van der Waals surface area contributed by atoms with Crippen molar-refractivity contribution < 1.29 is 36.5 Å². The first-order valence-corrected chi connectivity index (χ1v) is 19.4. The van der Waals surface area contributed by atoms with E-state index < -0.39 is 11.8 Å². The number of hydrogen-bond acceptors (Lipinski definition) is 14. The van der Waals surface area contributed by atoms with Gasteiger partial charge < -0.3 is 48.9 Å². The van der Waals surface area contributed by atoms with Crippen molar-refractivity contribution >= 4 is 67.6 Å². The summed E-state index contributed by atoms with van der Waals surface area (Å²) in [5, 5.41) is 3.16. The average Bonchev–Trinajstić information content (AvgIpc) is 4.02. The lowest BCUT2D eigenvalue weighted by molar-refractivity contribution is 0.0204. The Morgan fingerprint density at radius 3 is 1.76 bits per heavy atom. The van der Waals surface area contributed by atoms with Crippen LogP contribution in [0.1, 0.15) is 24.2 Å². The Labute approximate surface area is 378 Å². The van der Waals surface area contributed by atoms with Crippen LogP contribution in [0.25, 0.3) is 11.4 Å². The highest BCUT2D eigenvalue weighted by atomic mass is 35.5. The number of ether oxygens (including phenoxy) is 4. The van der Waals surface area contributed by atoms with E-state index in [2.05, 4.69) is 35.2 Å². The second-order valence-corrected chi connectivity index (χ2v) is 15.1. The maximum atomic E-state index is 13.9. The molecule has 0 radical (unpaired) electrons. The molecule has 0 spiro atoms. The predicted octanol–water partition coefficient (Wildman–Crippen LogP) is 7.06. The van der Waals surface area contributed by atoms with Gasteiger partial charge >= 0.3 is 0 Å². The molecule has 0 saturated carbocycles. The van der Waals surface area contributed by atoms with Crippen LogP contribution in [0.15, 0.2) is 73.8 Å². The number of fused-ring (bicyclic) bond motifs is 6. The van der Waals surface area contributed by atoms with E-state index in [0.29, 0.717) is 46.2 Å². The van der Waals surface area contributed by atoms with Crippen molar-refractivity contribution in [2.45, 2.75) is 50.6 Å². The SMILES string of the molecule is COc1cc(N)ccc1-n1cnc(C)c1.COc1cc(Nc2ncc3c(n2)N2CC(F)(F)C[C@H]2CO3)ccc1-n1cnc(C)c1.FC1(F)C[C@H]2COc3cnc(Cl)nc3N2C1.S.S. The molecular formula is C40H45ClF4N12O4S2. The summed E-state index contributed by atoms with van der Waals surface area (Å²) in [7, 11) is 3.22. The van der Waals surface area contributed by atoms with E-state index in [-0.39, 0.29) is 83.5 Å². The summed E-state index contributed by atoms with van der Waals surface area (Å²) in [6, 6.07) is 10.4. The molecule has 4 aliphatic heterocycles. The van der Waals surface area contributed by atoms with Crippen molar-refractivity contribution in [3.8, 4) is 34.4 Å². The van der Waals surface area contributed by atoms with Crippen LogP contribution in [0.5, 0.6) is 23.0 Å². The predicted molar refractivity (Wildman–Crippen MR) is 240 cm³/mol. The van der Waals surface area contributed by atoms with Gasteiger partial charge in [-0.25, -0.2) is 37.5 Å². The highest BCUT2D eigenvalue weighted by Crippen LogP contribution is 2.43. The third kappa shape index (κ3) is 10.3. The summed E-state index contributed by atoms with van der Waals surface area (Å²) >= 11 is 5.65. The number of halogens is 5. The van der Waals surface area contributed by atoms with Gasteiger partial charge in [0.1, 0.15) is 24.7 Å². The summed E-state index contributed by atoms with van der Waals surface area (Å²) < 4.78 is 79.8. The molecule has 2 aromatic carbocycles. The van der Waals surface area contributed by atoms with Gasteiger partial charge in [-0.15, -0.1) is 0 Å². The fraction of sp³-hybridized carbons (Fsp3) is 0.350. The first-order valence-electron chi connectivity index (χ1n) is 19.0. The van der Waals surface area contributed by atoms with Gasteiger partial charge in [-0.05, 0) is 49.7 Å². The minimum atomic E-state index is -2.75. The van der Waals surface area contributed by atoms with Gasteiger partial charge in [0, 0.05) is 48.7 Å². The molecule has 2 fully saturated rings. The van der Waals surface area contributed by atoms with E-state index in [0.717, 1.165) is 28.5 Å². The van der Waals surface area contributed by atoms with Crippen molar-refractivity contribution in [1.82, 2.24) is 39.0 Å². The fourth-order valence-electron chi connectivity index (χ4n) is 7.45. The molecule has 4 aromatic heterocycles. The number of methoxy groups -OCH3 is 2. The van der Waals surface area contributed by atoms with Gasteiger partial charge in [-0.3, -0.25) is 0 Å². The van der Waals surface area contributed by atoms with E-state index >= 15 is 0 Å². The number of hydrogen-bond donors (Lipinski definition) is 2. The van der Waals surface area contributed by atoms with Gasteiger partial charge in [0.25, 0.3) is 11.8 Å². The first kappa shape index (κ1) is 46.6. The number of aryl methyl sites for hydroxylation is 2. The van der Waals surface area contributed by atoms with Crippen molar-refractivity contribution in [2.24, 2.45) is 0 Å². The van der Waals surface area contributed by atoms with Gasteiger partial charge in [0.05, 0.1) is 87.2 Å². The normalized spacial score (nSPS) is 18.1. The summed E-state index contributed by atoms with van der Waals surface area (Å²) in [6.07, 6.45) is 9.81. The van der Waals surface area contributed by atoms with Gasteiger partial charge in [0.15, 0.2) is 23.1 Å². The number of rotatable bonds is 6. The van der Waals surface area contributed by atoms with Crippen molar-refractivity contribution in [2.75, 3.05) is 61.4 Å². The summed E-state index contributed by atoms with van der Waals surface area (Å²) in [5.41, 5.74) is 10.7. The van der Waals surface area contributed by atoms with Crippen LogP contribution in [0.2, 0.25) is 5.28 Å². The summed E-state index contributed by atoms with van der Waals surface area (Å²) in [5.74, 6) is -2.18. The highest BCUT2D eigenvalue weighted by molar-refractivity contribution is 7.59. The number of nitrogens with one attached hydrogen (secondary N) is 1. The Bertz CT molecular complexity index is 2550. The quantitative estimate of drug-likeness (QED) is 0.0989. The zero-order valence-corrected chi connectivity index (χ0v) is 37.2. The Kier molecular flexibility index (Phi) is 14.0. The number of anilines is 5. The average molecular weight is 933 g/mol. The number of alkyl halides is 4. The molecule has 6 aromatic rings. The van der Waals surface area contributed by atoms with Crippen molar-refractivity contribution in [1.29, 1.82) is 0 Å². The van der Waals surface area contributed by atoms with Crippen LogP contribution in [-0.2, 0) is 0 Å². The molecule has 3 N–H and O–H groups in total. The lowest BCUT2D eigenvalue weighted by Gasteiger charge is -2.31. The molecule has 0 amide bonds. The number of nitrogen functional groups attached to an aromatic ring is 1. The number of nitrogens with two attached hydrogens (primary N) is 1. The summed E-state index contributed by atoms with van der Waals surface area (Å²) in [4.78, 5) is 28.0. The van der Waals surface area contributed by atoms with Crippen LogP contribution in [0.3, 0.4) is 0 Å². The maximum absolute atomic E-state index is 13.9. The van der Waals surface area contributed by atoms with E-state index in [9.17, 15) is 17.6 Å². The topological polar surface area (TPSA) is 169 Å². The number of nitrogens with zero attached hydrogens (tertiary/aromatic N) is 10. The second-order valence-electron chi connectivity index (χ2n) is 14.8. The zero-order valence-electron chi connectivity index (χ0n) is 34.4. The number of aromatic nitrogens is 8. The molecule has 8 heterocycles. The first-order chi connectivity index (χ1) is 29.2. The molecule has 4 aliphatic rings. The Morgan fingerprint density at radius 1 is 0.730 bits per heavy atom. The lowest BCUT2D eigenvalue weighted by atomic mass is 10.2. The van der Waals surface area contributed by atoms with Gasteiger partial charge in [-0.1, -0.05) is 0 Å². The lowest BCUT2D eigenvalue weighted by Crippen LogP contribution is -2.39. The molecule has 0 aliphatic carbocycles. The molecule has 2 atom stereocenters. The molecule has 336 valence electrons. The maximum Gasteiger partial charge on any atom is 0.267 e. The zero-order chi connectivity index (χ0) is 43.1. The second kappa shape index (κ2) is 18.9. The van der Waals surface area contributed by atoms with Crippen LogP contribution in [0, 0.1) is 13.8 Å². The van der Waals surface area contributed by atoms with Crippen LogP contribution < -0.4 is 39.8 Å². The third-order valence-electron chi connectivity index (χ3n) is 10.2. The molecule has 2 saturated heterocycles. The molecular weight excluding hydrogens is 888 g/mol. The number of benzene rings is 2. The summed E-state index contributed by atoms with van der Waals surface area (Å²) in [6.45, 7) is 3.62. The number of imidazole rings is 2. The van der Waals surface area contributed by atoms with Crippen LogP contribution in [0.4, 0.5) is 46.5 Å². The van der Waals surface area contributed by atoms with E-state index in [1.54, 1.807) is 42.7 Å². The Hall–Kier alpha value is -5.87. The van der Waals surface area contributed by atoms with Crippen LogP contribution >= 0.6 is 38.6 Å². The van der Waals surface area contributed by atoms with E-state index in [4.69, 9.17) is 36.3 Å². The minimum Gasteiger partial charge on any atom is -0.494 e. The Balaban J connectivity index is 0.000000170. The highest BCUT2D eigenvalue weighted by Gasteiger charge is 2.49.